The molecule has 28 heteroatoms. The predicted octanol–water partition coefficient (Wildman–Crippen LogP) is 1.45. The maximum atomic E-state index is 12.0. The summed E-state index contributed by atoms with van der Waals surface area (Å²) in [6.45, 7) is 15.5. The Morgan fingerprint density at radius 2 is 0.690 bits per heavy atom. The maximum Gasteiger partial charge on any atom is 0.173 e. The highest BCUT2D eigenvalue weighted by atomic mass is 32.2. The molecule has 0 saturated carbocycles. The largest absolute Gasteiger partial charge is 0.382 e. The zero-order chi connectivity index (χ0) is 54.3. The molecule has 71 heavy (non-hydrogen) atoms. The van der Waals surface area contributed by atoms with E-state index in [1.165, 1.54) is 20.3 Å². The van der Waals surface area contributed by atoms with Crippen molar-refractivity contribution >= 4 is 59.0 Å². The Labute approximate surface area is 426 Å². The van der Waals surface area contributed by atoms with E-state index in [1.807, 2.05) is 6.92 Å². The molecule has 0 aliphatic rings. The van der Waals surface area contributed by atoms with Gasteiger partial charge in [0.15, 0.2) is 59.0 Å². The summed E-state index contributed by atoms with van der Waals surface area (Å²) in [6.07, 6.45) is 1.35. The van der Waals surface area contributed by atoms with Crippen LogP contribution < -0.4 is 0 Å². The van der Waals surface area contributed by atoms with E-state index in [-0.39, 0.29) is 150 Å². The summed E-state index contributed by atoms with van der Waals surface area (Å²) in [6, 6.07) is 0. The van der Waals surface area contributed by atoms with Crippen molar-refractivity contribution in [3.8, 4) is 0 Å². The van der Waals surface area contributed by atoms with Crippen LogP contribution in [-0.2, 0) is 106 Å². The molecule has 0 fully saturated rings. The van der Waals surface area contributed by atoms with Gasteiger partial charge in [-0.1, -0.05) is 46.4 Å². The first kappa shape index (κ1) is 71.6. The summed E-state index contributed by atoms with van der Waals surface area (Å²) in [5, 5.41) is 1.67. The Morgan fingerprint density at radius 1 is 0.366 bits per heavy atom. The van der Waals surface area contributed by atoms with E-state index in [0.29, 0.717) is 19.3 Å². The van der Waals surface area contributed by atoms with Crippen LogP contribution in [0.15, 0.2) is 36.6 Å². The zero-order valence-corrected chi connectivity index (χ0v) is 47.3. The Bertz CT molecular complexity index is 2080. The van der Waals surface area contributed by atoms with Gasteiger partial charge in [0.25, 0.3) is 0 Å². The lowest BCUT2D eigenvalue weighted by atomic mass is 10.3. The van der Waals surface area contributed by atoms with Gasteiger partial charge in [0, 0.05) is 36.5 Å². The lowest BCUT2D eigenvalue weighted by Gasteiger charge is -2.22. The fourth-order valence-corrected chi connectivity index (χ4v) is 11.0. The van der Waals surface area contributed by atoms with Gasteiger partial charge in [0.1, 0.15) is 24.4 Å². The van der Waals surface area contributed by atoms with Crippen LogP contribution in [0.4, 0.5) is 0 Å². The van der Waals surface area contributed by atoms with Gasteiger partial charge in [-0.2, -0.15) is 0 Å². The normalized spacial score (nSPS) is 14.5. The Kier molecular flexibility index (Phi) is 41.1. The molecule has 0 aromatic heterocycles. The first-order chi connectivity index (χ1) is 33.3. The second-order valence-electron chi connectivity index (χ2n) is 15.9. The van der Waals surface area contributed by atoms with E-state index in [2.05, 4.69) is 19.7 Å². The highest BCUT2D eigenvalue weighted by molar-refractivity contribution is 7.94. The summed E-state index contributed by atoms with van der Waals surface area (Å²) >= 11 is 0. The summed E-state index contributed by atoms with van der Waals surface area (Å²) in [4.78, 5) is 0. The van der Waals surface area contributed by atoms with E-state index in [0.717, 1.165) is 17.2 Å². The number of unbranched alkanes of at least 4 members (excludes halogenated alkanes) is 1. The van der Waals surface area contributed by atoms with Crippen LogP contribution >= 0.6 is 0 Å². The molecule has 22 nitrogen and oxygen atoms in total. The molecule has 0 bridgehead atoms. The quantitative estimate of drug-likeness (QED) is 0.0615. The molecule has 0 saturated heterocycles. The Morgan fingerprint density at radius 3 is 1.04 bits per heavy atom. The summed E-state index contributed by atoms with van der Waals surface area (Å²) in [5.74, 6) is -0.868. The van der Waals surface area contributed by atoms with E-state index in [9.17, 15) is 50.5 Å². The fraction of sp³-hybridized carbons (Fsp3) is 0.860. The summed E-state index contributed by atoms with van der Waals surface area (Å²) in [7, 11) is -16.8. The molecule has 0 aromatic rings. The molecule has 0 heterocycles. The number of hydrogen-bond acceptors (Lipinski definition) is 22. The van der Waals surface area contributed by atoms with Gasteiger partial charge in [-0.25, -0.2) is 50.5 Å². The van der Waals surface area contributed by atoms with E-state index in [1.54, 1.807) is 13.8 Å². The lowest BCUT2D eigenvalue weighted by Crippen LogP contribution is -2.34. The number of hydrogen-bond donors (Lipinski definition) is 0. The SMILES string of the molecule is C=CCS(=O)(=O)CCOCC(COC)OCC(COCCS(=O)(=O)C=C)OCCS(=O)(=O)C=C.CCCCS(=O)(=O)CCOCC(COC)OCC(COCCS(=O)(=O)CCC)OCCS(=O)(=O)CCC. The molecule has 0 amide bonds. The van der Waals surface area contributed by atoms with Crippen molar-refractivity contribution in [1.29, 1.82) is 0 Å². The minimum Gasteiger partial charge on any atom is -0.382 e. The molecule has 0 radical (unpaired) electrons. The number of rotatable bonds is 49. The van der Waals surface area contributed by atoms with Crippen LogP contribution in [0.2, 0.25) is 0 Å². The highest BCUT2D eigenvalue weighted by Gasteiger charge is 2.21. The van der Waals surface area contributed by atoms with Crippen molar-refractivity contribution in [3.63, 3.8) is 0 Å². The fourth-order valence-electron chi connectivity index (χ4n) is 5.42. The molecule has 0 aromatic carbocycles. The third kappa shape index (κ3) is 43.5. The monoisotopic (exact) mass is 1140 g/mol. The molecule has 0 aliphatic heterocycles. The number of methoxy groups -OCH3 is 2. The first-order valence-corrected chi connectivity index (χ1v) is 33.9. The van der Waals surface area contributed by atoms with Gasteiger partial charge in [-0.3, -0.25) is 0 Å². The summed E-state index contributed by atoms with van der Waals surface area (Å²) in [5.41, 5.74) is 0. The Balaban J connectivity index is 0. The average molecular weight is 1150 g/mol. The van der Waals surface area contributed by atoms with Gasteiger partial charge >= 0.3 is 0 Å². The van der Waals surface area contributed by atoms with Crippen LogP contribution in [0.25, 0.3) is 0 Å². The molecular formula is C43H84O22S6. The molecule has 0 N–H and O–H groups in total. The van der Waals surface area contributed by atoms with Crippen molar-refractivity contribution in [2.24, 2.45) is 0 Å². The van der Waals surface area contributed by atoms with Gasteiger partial charge in [0.05, 0.1) is 139 Å². The van der Waals surface area contributed by atoms with Crippen molar-refractivity contribution in [2.75, 3.05) is 164 Å². The highest BCUT2D eigenvalue weighted by Crippen LogP contribution is 2.07. The van der Waals surface area contributed by atoms with Gasteiger partial charge < -0.3 is 47.4 Å². The van der Waals surface area contributed by atoms with Crippen LogP contribution in [0.1, 0.15) is 46.5 Å². The average Bonchev–Trinajstić information content (AvgIpc) is 3.29. The van der Waals surface area contributed by atoms with Crippen molar-refractivity contribution in [1.82, 2.24) is 0 Å². The number of sulfone groups is 6. The minimum atomic E-state index is -3.46. The van der Waals surface area contributed by atoms with Gasteiger partial charge in [-0.15, -0.1) is 6.58 Å². The predicted molar refractivity (Wildman–Crippen MR) is 274 cm³/mol. The topological polar surface area (TPSA) is 297 Å². The van der Waals surface area contributed by atoms with Gasteiger partial charge in [-0.05, 0) is 19.3 Å². The second-order valence-corrected chi connectivity index (χ2v) is 29.2. The van der Waals surface area contributed by atoms with E-state index < -0.39 is 83.4 Å². The van der Waals surface area contributed by atoms with Crippen LogP contribution in [-0.4, -0.2) is 239 Å². The molecule has 0 aliphatic carbocycles. The molecule has 0 spiro atoms. The van der Waals surface area contributed by atoms with Crippen LogP contribution in [0, 0.1) is 0 Å². The zero-order valence-electron chi connectivity index (χ0n) is 42.4. The smallest absolute Gasteiger partial charge is 0.173 e. The van der Waals surface area contributed by atoms with Crippen molar-refractivity contribution in [2.45, 2.75) is 70.9 Å². The molecule has 4 atom stereocenters. The molecular weight excluding hydrogens is 1060 g/mol. The molecule has 424 valence electrons. The Hall–Kier alpha value is -1.48. The molecule has 0 rings (SSSR count). The van der Waals surface area contributed by atoms with E-state index >= 15 is 0 Å². The lowest BCUT2D eigenvalue weighted by molar-refractivity contribution is -0.102. The van der Waals surface area contributed by atoms with Crippen molar-refractivity contribution in [3.05, 3.63) is 36.6 Å². The second kappa shape index (κ2) is 40.8. The van der Waals surface area contributed by atoms with Crippen LogP contribution in [0.5, 0.6) is 0 Å². The van der Waals surface area contributed by atoms with Crippen LogP contribution in [0.3, 0.4) is 0 Å². The third-order valence-corrected chi connectivity index (χ3v) is 18.6. The van der Waals surface area contributed by atoms with E-state index in [4.69, 9.17) is 47.4 Å². The molecule has 4 unspecified atom stereocenters. The summed E-state index contributed by atoms with van der Waals surface area (Å²) < 4.78 is 196. The maximum absolute atomic E-state index is 12.0. The third-order valence-electron chi connectivity index (χ3n) is 9.27. The number of ether oxygens (including phenoxy) is 10. The van der Waals surface area contributed by atoms with Gasteiger partial charge in [0.2, 0.25) is 0 Å². The first-order valence-electron chi connectivity index (χ1n) is 23.2. The standard InChI is InChI=1S/C23H48O11S3.C20H36O11S3/c1-5-8-14-37(28,29)16-10-31-19-22(18-30-4)34-21-23(33-11-17-36(26,27)13-7-3)20-32-9-15-35(24,25)12-6-2;1-5-11-34(25,26)13-9-29-16-19(15-27-4)31-18-20(30-10-14-33(23,24)7-3)17-28-8-12-32(21,22)6-2/h22-23H,5-21H2,1-4H3;5-7,19-20H,1-3,8-18H2,4H3. The van der Waals surface area contributed by atoms with Crippen molar-refractivity contribution < 1.29 is 97.9 Å². The minimum absolute atomic E-state index is 0.00651.